The molecule has 1 saturated carbocycles. The van der Waals surface area contributed by atoms with E-state index < -0.39 is 0 Å². The third-order valence-corrected chi connectivity index (χ3v) is 4.44. The van der Waals surface area contributed by atoms with E-state index in [9.17, 15) is 0 Å². The van der Waals surface area contributed by atoms with Gasteiger partial charge < -0.3 is 10.9 Å². The maximum atomic E-state index is 8.74. The van der Waals surface area contributed by atoms with Crippen molar-refractivity contribution in [1.82, 2.24) is 9.88 Å². The molecule has 3 N–H and O–H groups in total. The van der Waals surface area contributed by atoms with E-state index in [1.807, 2.05) is 12.1 Å². The van der Waals surface area contributed by atoms with Crippen LogP contribution in [0.1, 0.15) is 29.0 Å². The van der Waals surface area contributed by atoms with Gasteiger partial charge in [0.15, 0.2) is 5.84 Å². The minimum Gasteiger partial charge on any atom is -0.409 e. The van der Waals surface area contributed by atoms with Crippen molar-refractivity contribution in [3.05, 3.63) is 52.0 Å². The van der Waals surface area contributed by atoms with Crippen LogP contribution in [0.2, 0.25) is 0 Å². The highest BCUT2D eigenvalue weighted by Gasteiger charge is 2.29. The van der Waals surface area contributed by atoms with Gasteiger partial charge in [-0.25, -0.2) is 0 Å². The minimum atomic E-state index is 0.0491. The summed E-state index contributed by atoms with van der Waals surface area (Å²) in [7, 11) is 0. The Balaban J connectivity index is 1.73. The molecule has 0 saturated heterocycles. The summed E-state index contributed by atoms with van der Waals surface area (Å²) in [5.41, 5.74) is 7.25. The number of rotatable bonds is 6. The normalized spacial score (nSPS) is 15.6. The molecule has 0 aliphatic heterocycles. The van der Waals surface area contributed by atoms with E-state index in [1.165, 1.54) is 17.7 Å². The van der Waals surface area contributed by atoms with Crippen molar-refractivity contribution < 1.29 is 5.21 Å². The lowest BCUT2D eigenvalue weighted by Crippen LogP contribution is -2.25. The number of pyridine rings is 1. The summed E-state index contributed by atoms with van der Waals surface area (Å²) in [5.74, 6) is 0.0491. The van der Waals surface area contributed by atoms with Gasteiger partial charge in [-0.05, 0) is 42.0 Å². The molecule has 0 amide bonds. The molecule has 6 heteroatoms. The molecular weight excluding hydrogens is 284 g/mol. The highest BCUT2D eigenvalue weighted by Crippen LogP contribution is 2.30. The minimum absolute atomic E-state index is 0.0491. The van der Waals surface area contributed by atoms with Crippen LogP contribution in [-0.2, 0) is 13.1 Å². The number of aromatic nitrogens is 1. The highest BCUT2D eigenvalue weighted by molar-refractivity contribution is 7.09. The van der Waals surface area contributed by atoms with Gasteiger partial charge in [-0.3, -0.25) is 9.88 Å². The fraction of sp³-hybridized carbons (Fsp3) is 0.333. The fourth-order valence-electron chi connectivity index (χ4n) is 2.35. The Morgan fingerprint density at radius 1 is 1.43 bits per heavy atom. The Bertz CT molecular complexity index is 622. The molecule has 0 atom stereocenters. The van der Waals surface area contributed by atoms with E-state index in [2.05, 4.69) is 32.6 Å². The summed E-state index contributed by atoms with van der Waals surface area (Å²) in [6.45, 7) is 1.83. The van der Waals surface area contributed by atoms with Crippen molar-refractivity contribution in [3.8, 4) is 0 Å². The van der Waals surface area contributed by atoms with E-state index in [4.69, 9.17) is 10.9 Å². The van der Waals surface area contributed by atoms with Crippen LogP contribution in [0.25, 0.3) is 0 Å². The Morgan fingerprint density at radius 2 is 2.29 bits per heavy atom. The number of hydrogen-bond donors (Lipinski definition) is 2. The molecule has 1 aliphatic carbocycles. The summed E-state index contributed by atoms with van der Waals surface area (Å²) in [4.78, 5) is 7.99. The first-order valence-electron chi connectivity index (χ1n) is 6.95. The van der Waals surface area contributed by atoms with E-state index in [0.29, 0.717) is 11.7 Å². The predicted molar refractivity (Wildman–Crippen MR) is 83.3 cm³/mol. The van der Waals surface area contributed by atoms with Crippen LogP contribution in [0.3, 0.4) is 0 Å². The van der Waals surface area contributed by atoms with Crippen LogP contribution in [0.5, 0.6) is 0 Å². The lowest BCUT2D eigenvalue weighted by Gasteiger charge is -2.21. The first-order chi connectivity index (χ1) is 10.3. The maximum absolute atomic E-state index is 8.74. The molecule has 0 radical (unpaired) electrons. The second-order valence-electron chi connectivity index (χ2n) is 5.25. The van der Waals surface area contributed by atoms with Crippen molar-refractivity contribution in [2.45, 2.75) is 32.0 Å². The van der Waals surface area contributed by atoms with Crippen molar-refractivity contribution in [3.63, 3.8) is 0 Å². The number of oxime groups is 1. The number of nitrogens with zero attached hydrogens (tertiary/aromatic N) is 3. The zero-order valence-electron chi connectivity index (χ0n) is 11.6. The van der Waals surface area contributed by atoms with Gasteiger partial charge in [-0.1, -0.05) is 11.2 Å². The van der Waals surface area contributed by atoms with Crippen molar-refractivity contribution in [2.24, 2.45) is 10.9 Å². The van der Waals surface area contributed by atoms with Crippen molar-refractivity contribution in [2.75, 3.05) is 0 Å². The van der Waals surface area contributed by atoms with Crippen LogP contribution < -0.4 is 5.73 Å². The molecule has 0 aromatic carbocycles. The van der Waals surface area contributed by atoms with Gasteiger partial charge in [0.1, 0.15) is 5.69 Å². The van der Waals surface area contributed by atoms with Crippen LogP contribution in [0.15, 0.2) is 41.0 Å². The third kappa shape index (κ3) is 3.59. The Kier molecular flexibility index (Phi) is 4.17. The van der Waals surface area contributed by atoms with Gasteiger partial charge in [0.05, 0.1) is 0 Å². The summed E-state index contributed by atoms with van der Waals surface area (Å²) in [5, 5.41) is 13.9. The number of nitrogens with two attached hydrogens (primary N) is 1. The molecule has 2 aromatic heterocycles. The molecule has 3 rings (SSSR count). The van der Waals surface area contributed by atoms with Gasteiger partial charge in [0.25, 0.3) is 0 Å². The first-order valence-corrected chi connectivity index (χ1v) is 7.83. The van der Waals surface area contributed by atoms with Gasteiger partial charge >= 0.3 is 0 Å². The Morgan fingerprint density at radius 3 is 2.95 bits per heavy atom. The fourth-order valence-corrected chi connectivity index (χ4v) is 3.08. The molecular formula is C15H18N4OS. The molecule has 110 valence electrons. The zero-order chi connectivity index (χ0) is 14.7. The van der Waals surface area contributed by atoms with Crippen LogP contribution in [-0.4, -0.2) is 27.0 Å². The molecule has 2 aromatic rings. The predicted octanol–water partition coefficient (Wildman–Crippen LogP) is 2.40. The van der Waals surface area contributed by atoms with Crippen LogP contribution in [0.4, 0.5) is 0 Å². The van der Waals surface area contributed by atoms with Gasteiger partial charge in [0, 0.05) is 30.2 Å². The van der Waals surface area contributed by atoms with E-state index >= 15 is 0 Å². The summed E-state index contributed by atoms with van der Waals surface area (Å²) < 4.78 is 0. The van der Waals surface area contributed by atoms with E-state index in [1.54, 1.807) is 17.5 Å². The third-order valence-electron chi connectivity index (χ3n) is 3.58. The number of thiophene rings is 1. The summed E-state index contributed by atoms with van der Waals surface area (Å²) in [6, 6.07) is 8.81. The lowest BCUT2D eigenvalue weighted by molar-refractivity contribution is 0.248. The molecule has 0 bridgehead atoms. The van der Waals surface area contributed by atoms with Crippen LogP contribution in [0, 0.1) is 0 Å². The largest absolute Gasteiger partial charge is 0.409 e. The van der Waals surface area contributed by atoms with Crippen molar-refractivity contribution in [1.29, 1.82) is 0 Å². The Labute approximate surface area is 127 Å². The molecule has 1 aliphatic rings. The van der Waals surface area contributed by atoms with Crippen molar-refractivity contribution >= 4 is 17.2 Å². The second-order valence-corrected chi connectivity index (χ2v) is 6.28. The average Bonchev–Trinajstić information content (AvgIpc) is 3.24. The first kappa shape index (κ1) is 14.0. The quantitative estimate of drug-likeness (QED) is 0.372. The van der Waals surface area contributed by atoms with E-state index in [0.717, 1.165) is 18.7 Å². The zero-order valence-corrected chi connectivity index (χ0v) is 12.5. The molecule has 0 unspecified atom stereocenters. The molecule has 2 heterocycles. The SMILES string of the molecule is NC(=NO)c1cc(CN(Cc2cccs2)C2CC2)ccn1. The van der Waals surface area contributed by atoms with Crippen LogP contribution >= 0.6 is 11.3 Å². The molecule has 21 heavy (non-hydrogen) atoms. The Hall–Kier alpha value is -1.92. The topological polar surface area (TPSA) is 74.7 Å². The summed E-state index contributed by atoms with van der Waals surface area (Å²) >= 11 is 1.79. The monoisotopic (exact) mass is 302 g/mol. The summed E-state index contributed by atoms with van der Waals surface area (Å²) in [6.07, 6.45) is 4.24. The maximum Gasteiger partial charge on any atom is 0.188 e. The standard InChI is InChI=1S/C15H18N4OS/c16-15(18-20)14-8-11(5-6-17-14)9-19(12-3-4-12)10-13-2-1-7-21-13/h1-2,5-8,12,20H,3-4,9-10H2,(H2,16,18). The average molecular weight is 302 g/mol. The molecule has 1 fully saturated rings. The highest BCUT2D eigenvalue weighted by atomic mass is 32.1. The smallest absolute Gasteiger partial charge is 0.188 e. The van der Waals surface area contributed by atoms with E-state index in [-0.39, 0.29) is 5.84 Å². The lowest BCUT2D eigenvalue weighted by atomic mass is 10.2. The molecule has 0 spiro atoms. The second kappa shape index (κ2) is 6.24. The number of amidine groups is 1. The molecule has 5 nitrogen and oxygen atoms in total. The number of hydrogen-bond acceptors (Lipinski definition) is 5. The van der Waals surface area contributed by atoms with Gasteiger partial charge in [0.2, 0.25) is 0 Å². The van der Waals surface area contributed by atoms with Gasteiger partial charge in [-0.15, -0.1) is 11.3 Å². The van der Waals surface area contributed by atoms with Gasteiger partial charge in [-0.2, -0.15) is 0 Å².